The number of aryl methyl sites for hydroxylation is 1. The number of carbonyl (C=O) groups is 1. The third-order valence-electron chi connectivity index (χ3n) is 3.91. The lowest BCUT2D eigenvalue weighted by atomic mass is 9.96. The second-order valence-corrected chi connectivity index (χ2v) is 5.72. The van der Waals surface area contributed by atoms with Crippen LogP contribution in [0.5, 0.6) is 0 Å². The van der Waals surface area contributed by atoms with E-state index in [4.69, 9.17) is 5.73 Å². The highest BCUT2D eigenvalue weighted by atomic mass is 16.2. The molecule has 1 atom stereocenters. The number of carbonyl (C=O) groups excluding carboxylic acids is 1. The van der Waals surface area contributed by atoms with Crippen LogP contribution < -0.4 is 11.1 Å². The Kier molecular flexibility index (Phi) is 3.21. The molecule has 3 N–H and O–H groups in total. The summed E-state index contributed by atoms with van der Waals surface area (Å²) in [6.45, 7) is 1.79. The van der Waals surface area contributed by atoms with Crippen molar-refractivity contribution in [1.82, 2.24) is 20.2 Å². The first-order valence-corrected chi connectivity index (χ1v) is 6.91. The van der Waals surface area contributed by atoms with Crippen molar-refractivity contribution in [3.63, 3.8) is 0 Å². The van der Waals surface area contributed by atoms with Crippen LogP contribution in [0.3, 0.4) is 0 Å². The Morgan fingerprint density at radius 3 is 2.86 bits per heavy atom. The van der Waals surface area contributed by atoms with Gasteiger partial charge in [-0.1, -0.05) is 12.1 Å². The highest BCUT2D eigenvalue weighted by Crippen LogP contribution is 2.38. The van der Waals surface area contributed by atoms with Gasteiger partial charge < -0.3 is 11.1 Å². The summed E-state index contributed by atoms with van der Waals surface area (Å²) in [4.78, 5) is 12.3. The van der Waals surface area contributed by atoms with E-state index in [0.717, 1.165) is 18.4 Å². The van der Waals surface area contributed by atoms with Crippen LogP contribution in [0.25, 0.3) is 11.4 Å². The van der Waals surface area contributed by atoms with Crippen LogP contribution in [0.4, 0.5) is 5.69 Å². The van der Waals surface area contributed by atoms with Crippen LogP contribution in [-0.4, -0.2) is 31.7 Å². The van der Waals surface area contributed by atoms with E-state index in [2.05, 4.69) is 20.8 Å². The Morgan fingerprint density at radius 2 is 2.24 bits per heavy atom. The lowest BCUT2D eigenvalue weighted by molar-refractivity contribution is -0.121. The molecule has 21 heavy (non-hydrogen) atoms. The molecule has 1 unspecified atom stereocenters. The highest BCUT2D eigenvalue weighted by Gasteiger charge is 2.44. The van der Waals surface area contributed by atoms with Gasteiger partial charge in [-0.05, 0) is 48.2 Å². The normalized spacial score (nSPS) is 17.3. The van der Waals surface area contributed by atoms with E-state index in [-0.39, 0.29) is 11.8 Å². The van der Waals surface area contributed by atoms with Gasteiger partial charge in [0.15, 0.2) is 5.82 Å². The summed E-state index contributed by atoms with van der Waals surface area (Å²) in [6, 6.07) is 7.41. The molecule has 1 fully saturated rings. The molecule has 110 valence electrons. The average Bonchev–Trinajstić information content (AvgIpc) is 3.22. The summed E-state index contributed by atoms with van der Waals surface area (Å²) in [6.07, 6.45) is 2.04. The molecule has 1 amide bonds. The maximum absolute atomic E-state index is 12.3. The van der Waals surface area contributed by atoms with E-state index in [1.54, 1.807) is 18.7 Å². The molecule has 1 aromatic carbocycles. The van der Waals surface area contributed by atoms with Gasteiger partial charge >= 0.3 is 0 Å². The van der Waals surface area contributed by atoms with E-state index in [1.807, 2.05) is 24.3 Å². The van der Waals surface area contributed by atoms with E-state index in [9.17, 15) is 4.79 Å². The van der Waals surface area contributed by atoms with Crippen LogP contribution >= 0.6 is 0 Å². The van der Waals surface area contributed by atoms with E-state index in [0.29, 0.717) is 11.5 Å². The standard InChI is InChI=1S/C14H18N6O/c1-14(15,10-6-7-10)13(21)16-11-5-3-4-9(8-11)12-17-18-19-20(12)2/h3-5,8,10H,6-7,15H2,1-2H3,(H,16,21). The molecule has 1 heterocycles. The number of nitrogens with two attached hydrogens (primary N) is 1. The van der Waals surface area contributed by atoms with Crippen molar-refractivity contribution in [2.45, 2.75) is 25.3 Å². The van der Waals surface area contributed by atoms with Crippen molar-refractivity contribution in [2.75, 3.05) is 5.32 Å². The van der Waals surface area contributed by atoms with E-state index >= 15 is 0 Å². The number of rotatable bonds is 4. The highest BCUT2D eigenvalue weighted by molar-refractivity contribution is 5.98. The molecule has 1 saturated carbocycles. The average molecular weight is 286 g/mol. The quantitative estimate of drug-likeness (QED) is 0.871. The van der Waals surface area contributed by atoms with Gasteiger partial charge in [-0.15, -0.1) is 5.10 Å². The Hall–Kier alpha value is -2.28. The second-order valence-electron chi connectivity index (χ2n) is 5.72. The van der Waals surface area contributed by atoms with Gasteiger partial charge in [0.25, 0.3) is 0 Å². The van der Waals surface area contributed by atoms with Gasteiger partial charge in [0.05, 0.1) is 5.54 Å². The molecule has 0 radical (unpaired) electrons. The summed E-state index contributed by atoms with van der Waals surface area (Å²) in [5, 5.41) is 14.3. The van der Waals surface area contributed by atoms with Gasteiger partial charge in [-0.25, -0.2) is 4.68 Å². The summed E-state index contributed by atoms with van der Waals surface area (Å²) < 4.78 is 1.58. The first-order valence-electron chi connectivity index (χ1n) is 6.91. The number of nitrogens with one attached hydrogen (secondary N) is 1. The first kappa shape index (κ1) is 13.7. The van der Waals surface area contributed by atoms with Crippen molar-refractivity contribution in [2.24, 2.45) is 18.7 Å². The first-order chi connectivity index (χ1) is 9.98. The lowest BCUT2D eigenvalue weighted by Crippen LogP contribution is -2.50. The smallest absolute Gasteiger partial charge is 0.244 e. The SMILES string of the molecule is Cn1nnnc1-c1cccc(NC(=O)C(C)(N)C2CC2)c1. The topological polar surface area (TPSA) is 98.7 Å². The maximum atomic E-state index is 12.3. The third kappa shape index (κ3) is 2.64. The number of amides is 1. The lowest BCUT2D eigenvalue weighted by Gasteiger charge is -2.23. The van der Waals surface area contributed by atoms with Crippen LogP contribution in [-0.2, 0) is 11.8 Å². The fraction of sp³-hybridized carbons (Fsp3) is 0.429. The number of anilines is 1. The summed E-state index contributed by atoms with van der Waals surface area (Å²) in [5.41, 5.74) is 6.84. The van der Waals surface area contributed by atoms with Crippen LogP contribution in [0.15, 0.2) is 24.3 Å². The van der Waals surface area contributed by atoms with Crippen molar-refractivity contribution in [1.29, 1.82) is 0 Å². The predicted octanol–water partition coefficient (Wildman–Crippen LogP) is 0.943. The van der Waals surface area contributed by atoms with Gasteiger partial charge in [-0.3, -0.25) is 4.79 Å². The van der Waals surface area contributed by atoms with Crippen molar-refractivity contribution in [3.05, 3.63) is 24.3 Å². The number of benzene rings is 1. The molecule has 7 heteroatoms. The third-order valence-corrected chi connectivity index (χ3v) is 3.91. The molecule has 1 aliphatic carbocycles. The van der Waals surface area contributed by atoms with Crippen molar-refractivity contribution < 1.29 is 4.79 Å². The number of aromatic nitrogens is 4. The van der Waals surface area contributed by atoms with Gasteiger partial charge in [0, 0.05) is 18.3 Å². The minimum Gasteiger partial charge on any atom is -0.324 e. The molecule has 1 aromatic heterocycles. The predicted molar refractivity (Wildman–Crippen MR) is 78.2 cm³/mol. The number of nitrogens with zero attached hydrogens (tertiary/aromatic N) is 4. The van der Waals surface area contributed by atoms with Gasteiger partial charge in [-0.2, -0.15) is 0 Å². The monoisotopic (exact) mass is 286 g/mol. The molecular weight excluding hydrogens is 268 g/mol. The molecule has 0 bridgehead atoms. The molecule has 0 saturated heterocycles. The van der Waals surface area contributed by atoms with E-state index < -0.39 is 5.54 Å². The van der Waals surface area contributed by atoms with Crippen molar-refractivity contribution in [3.8, 4) is 11.4 Å². The maximum Gasteiger partial charge on any atom is 0.244 e. The molecular formula is C14H18N6O. The van der Waals surface area contributed by atoms with Crippen molar-refractivity contribution >= 4 is 11.6 Å². The number of hydrogen-bond acceptors (Lipinski definition) is 5. The minimum absolute atomic E-state index is 0.154. The summed E-state index contributed by atoms with van der Waals surface area (Å²) in [7, 11) is 1.77. The molecule has 7 nitrogen and oxygen atoms in total. The fourth-order valence-corrected chi connectivity index (χ4v) is 2.34. The van der Waals surface area contributed by atoms with Crippen LogP contribution in [0, 0.1) is 5.92 Å². The molecule has 0 aliphatic heterocycles. The molecule has 2 aromatic rings. The second kappa shape index (κ2) is 4.92. The number of tetrazole rings is 1. The van der Waals surface area contributed by atoms with Crippen LogP contribution in [0.2, 0.25) is 0 Å². The Labute approximate surface area is 122 Å². The zero-order valence-electron chi connectivity index (χ0n) is 12.1. The summed E-state index contributed by atoms with van der Waals surface area (Å²) >= 11 is 0. The fourth-order valence-electron chi connectivity index (χ4n) is 2.34. The molecule has 1 aliphatic rings. The number of hydrogen-bond donors (Lipinski definition) is 2. The zero-order valence-corrected chi connectivity index (χ0v) is 12.1. The van der Waals surface area contributed by atoms with Gasteiger partial charge in [0.1, 0.15) is 0 Å². The molecule has 3 rings (SSSR count). The largest absolute Gasteiger partial charge is 0.324 e. The van der Waals surface area contributed by atoms with E-state index in [1.165, 1.54) is 0 Å². The minimum atomic E-state index is -0.817. The Morgan fingerprint density at radius 1 is 1.48 bits per heavy atom. The molecule has 0 spiro atoms. The Bertz CT molecular complexity index is 674. The summed E-state index contributed by atoms with van der Waals surface area (Å²) in [5.74, 6) is 0.769. The Balaban J connectivity index is 1.81. The zero-order chi connectivity index (χ0) is 15.0. The van der Waals surface area contributed by atoms with Gasteiger partial charge in [0.2, 0.25) is 5.91 Å². The van der Waals surface area contributed by atoms with Crippen LogP contribution in [0.1, 0.15) is 19.8 Å².